The number of thiazole rings is 1. The van der Waals surface area contributed by atoms with E-state index in [1.807, 2.05) is 5.38 Å². The van der Waals surface area contributed by atoms with Crippen LogP contribution >= 0.6 is 11.3 Å². The summed E-state index contributed by atoms with van der Waals surface area (Å²) in [7, 11) is 1.67. The molecule has 96 valence electrons. The predicted molar refractivity (Wildman–Crippen MR) is 67.3 cm³/mol. The molecule has 1 atom stereocenters. The second kappa shape index (κ2) is 5.60. The summed E-state index contributed by atoms with van der Waals surface area (Å²) in [4.78, 5) is 14.9. The molecule has 0 amide bonds. The van der Waals surface area contributed by atoms with Gasteiger partial charge in [-0.2, -0.15) is 0 Å². The number of hydrogen-bond acceptors (Lipinski definition) is 4. The molecule has 0 fully saturated rings. The maximum atomic E-state index is 10.5. The SMILES string of the molecule is COC(c1nc(CCC(=O)O)cs1)C(C)(C)C. The van der Waals surface area contributed by atoms with Crippen molar-refractivity contribution in [3.8, 4) is 0 Å². The van der Waals surface area contributed by atoms with E-state index in [0.717, 1.165) is 10.7 Å². The average molecular weight is 257 g/mol. The number of nitrogens with zero attached hydrogens (tertiary/aromatic N) is 1. The topological polar surface area (TPSA) is 59.4 Å². The normalized spacial score (nSPS) is 13.6. The molecule has 0 aliphatic heterocycles. The summed E-state index contributed by atoms with van der Waals surface area (Å²) in [6, 6.07) is 0. The zero-order valence-electron chi connectivity index (χ0n) is 10.7. The lowest BCUT2D eigenvalue weighted by atomic mass is 9.89. The van der Waals surface area contributed by atoms with Crippen LogP contribution in [0.4, 0.5) is 0 Å². The van der Waals surface area contributed by atoms with Crippen LogP contribution < -0.4 is 0 Å². The van der Waals surface area contributed by atoms with Crippen molar-refractivity contribution in [3.05, 3.63) is 16.1 Å². The summed E-state index contributed by atoms with van der Waals surface area (Å²) in [5.74, 6) is -0.793. The fraction of sp³-hybridized carbons (Fsp3) is 0.667. The molecule has 0 bridgehead atoms. The Morgan fingerprint density at radius 3 is 2.71 bits per heavy atom. The fourth-order valence-corrected chi connectivity index (χ4v) is 2.79. The number of ether oxygens (including phenoxy) is 1. The van der Waals surface area contributed by atoms with Gasteiger partial charge in [0.05, 0.1) is 12.1 Å². The van der Waals surface area contributed by atoms with E-state index in [9.17, 15) is 4.79 Å². The lowest BCUT2D eigenvalue weighted by molar-refractivity contribution is -0.136. The first-order valence-corrected chi connectivity index (χ1v) is 6.41. The second-order valence-electron chi connectivity index (χ2n) is 5.05. The first kappa shape index (κ1) is 14.1. The van der Waals surface area contributed by atoms with Crippen molar-refractivity contribution in [1.82, 2.24) is 4.98 Å². The first-order chi connectivity index (χ1) is 7.84. The van der Waals surface area contributed by atoms with Crippen LogP contribution in [0.3, 0.4) is 0 Å². The molecule has 0 saturated carbocycles. The van der Waals surface area contributed by atoms with Crippen LogP contribution in [0.2, 0.25) is 0 Å². The third kappa shape index (κ3) is 4.09. The van der Waals surface area contributed by atoms with E-state index in [2.05, 4.69) is 25.8 Å². The lowest BCUT2D eigenvalue weighted by Crippen LogP contribution is -2.20. The zero-order valence-corrected chi connectivity index (χ0v) is 11.5. The number of carboxylic acid groups (broad SMARTS) is 1. The van der Waals surface area contributed by atoms with Gasteiger partial charge in [0.15, 0.2) is 0 Å². The minimum absolute atomic E-state index is 0.0172. The third-order valence-corrected chi connectivity index (χ3v) is 3.35. The van der Waals surface area contributed by atoms with Crippen molar-refractivity contribution >= 4 is 17.3 Å². The predicted octanol–water partition coefficient (Wildman–Crippen LogP) is 2.89. The van der Waals surface area contributed by atoms with E-state index in [1.54, 1.807) is 7.11 Å². The van der Waals surface area contributed by atoms with Crippen molar-refractivity contribution in [2.75, 3.05) is 7.11 Å². The summed E-state index contributed by atoms with van der Waals surface area (Å²) in [5.41, 5.74) is 0.815. The Hall–Kier alpha value is -0.940. The van der Waals surface area contributed by atoms with Gasteiger partial charge in [0, 0.05) is 18.9 Å². The Morgan fingerprint density at radius 1 is 1.59 bits per heavy atom. The highest BCUT2D eigenvalue weighted by Gasteiger charge is 2.28. The van der Waals surface area contributed by atoms with Crippen LogP contribution in [0.1, 0.15) is 44.0 Å². The molecule has 0 aromatic carbocycles. The molecule has 0 saturated heterocycles. The monoisotopic (exact) mass is 257 g/mol. The molecular formula is C12H19NO3S. The molecule has 1 unspecified atom stereocenters. The number of aryl methyl sites for hydroxylation is 1. The van der Waals surface area contributed by atoms with E-state index in [-0.39, 0.29) is 17.9 Å². The van der Waals surface area contributed by atoms with Crippen LogP contribution in [0.5, 0.6) is 0 Å². The number of methoxy groups -OCH3 is 1. The molecule has 1 aromatic heterocycles. The van der Waals surface area contributed by atoms with Crippen LogP contribution in [0, 0.1) is 5.41 Å². The fourth-order valence-electron chi connectivity index (χ4n) is 1.62. The van der Waals surface area contributed by atoms with Gasteiger partial charge >= 0.3 is 5.97 Å². The van der Waals surface area contributed by atoms with Gasteiger partial charge in [-0.05, 0) is 5.41 Å². The van der Waals surface area contributed by atoms with E-state index < -0.39 is 5.97 Å². The molecule has 17 heavy (non-hydrogen) atoms. The van der Waals surface area contributed by atoms with Gasteiger partial charge in [-0.1, -0.05) is 20.8 Å². The van der Waals surface area contributed by atoms with Gasteiger partial charge in [-0.3, -0.25) is 4.79 Å². The summed E-state index contributed by atoms with van der Waals surface area (Å²) < 4.78 is 5.47. The van der Waals surface area contributed by atoms with Crippen LogP contribution in [0.15, 0.2) is 5.38 Å². The first-order valence-electron chi connectivity index (χ1n) is 5.53. The van der Waals surface area contributed by atoms with Crippen LogP contribution in [-0.4, -0.2) is 23.2 Å². The van der Waals surface area contributed by atoms with Gasteiger partial charge < -0.3 is 9.84 Å². The van der Waals surface area contributed by atoms with Crippen LogP contribution in [-0.2, 0) is 16.0 Å². The molecule has 0 radical (unpaired) electrons. The molecule has 1 heterocycles. The quantitative estimate of drug-likeness (QED) is 0.881. The average Bonchev–Trinajstić information content (AvgIpc) is 2.62. The third-order valence-electron chi connectivity index (χ3n) is 2.41. The highest BCUT2D eigenvalue weighted by molar-refractivity contribution is 7.09. The minimum Gasteiger partial charge on any atom is -0.481 e. The standard InChI is InChI=1S/C12H19NO3S/c1-12(2,3)10(16-4)11-13-8(7-17-11)5-6-9(14)15/h7,10H,5-6H2,1-4H3,(H,14,15). The van der Waals surface area contributed by atoms with Crippen molar-refractivity contribution in [2.24, 2.45) is 5.41 Å². The molecule has 0 aliphatic carbocycles. The molecular weight excluding hydrogens is 238 g/mol. The van der Waals surface area contributed by atoms with Crippen molar-refractivity contribution in [3.63, 3.8) is 0 Å². The lowest BCUT2D eigenvalue weighted by Gasteiger charge is -2.27. The van der Waals surface area contributed by atoms with Gasteiger partial charge in [0.25, 0.3) is 0 Å². The molecule has 5 heteroatoms. The minimum atomic E-state index is -0.793. The Labute approximate surface area is 106 Å². The van der Waals surface area contributed by atoms with Crippen molar-refractivity contribution < 1.29 is 14.6 Å². The maximum Gasteiger partial charge on any atom is 0.303 e. The van der Waals surface area contributed by atoms with Crippen molar-refractivity contribution in [1.29, 1.82) is 0 Å². The van der Waals surface area contributed by atoms with Gasteiger partial charge in [-0.25, -0.2) is 4.98 Å². The number of hydrogen-bond donors (Lipinski definition) is 1. The number of carbonyl (C=O) groups is 1. The summed E-state index contributed by atoms with van der Waals surface area (Å²) in [6.07, 6.45) is 0.550. The molecule has 1 N–H and O–H groups in total. The molecule has 1 rings (SSSR count). The second-order valence-corrected chi connectivity index (χ2v) is 5.94. The number of carboxylic acids is 1. The number of aliphatic carboxylic acids is 1. The van der Waals surface area contributed by atoms with Crippen LogP contribution in [0.25, 0.3) is 0 Å². The Bertz CT molecular complexity index is 381. The number of aromatic nitrogens is 1. The van der Waals surface area contributed by atoms with E-state index >= 15 is 0 Å². The Morgan fingerprint density at radius 2 is 2.24 bits per heavy atom. The van der Waals surface area contributed by atoms with E-state index in [1.165, 1.54) is 11.3 Å². The van der Waals surface area contributed by atoms with Gasteiger partial charge in [0.1, 0.15) is 11.1 Å². The van der Waals surface area contributed by atoms with Gasteiger partial charge in [-0.15, -0.1) is 11.3 Å². The highest BCUT2D eigenvalue weighted by Crippen LogP contribution is 2.36. The molecule has 4 nitrogen and oxygen atoms in total. The highest BCUT2D eigenvalue weighted by atomic mass is 32.1. The summed E-state index contributed by atoms with van der Waals surface area (Å²) in [5, 5.41) is 11.4. The summed E-state index contributed by atoms with van der Waals surface area (Å²) in [6.45, 7) is 6.29. The largest absolute Gasteiger partial charge is 0.481 e. The van der Waals surface area contributed by atoms with Crippen molar-refractivity contribution in [2.45, 2.75) is 39.7 Å². The zero-order chi connectivity index (χ0) is 13.1. The molecule has 1 aromatic rings. The van der Waals surface area contributed by atoms with E-state index in [4.69, 9.17) is 9.84 Å². The van der Waals surface area contributed by atoms with E-state index in [0.29, 0.717) is 6.42 Å². The molecule has 0 spiro atoms. The Kier molecular flexibility index (Phi) is 4.65. The maximum absolute atomic E-state index is 10.5. The Balaban J connectivity index is 2.75. The number of rotatable bonds is 5. The van der Waals surface area contributed by atoms with Gasteiger partial charge in [0.2, 0.25) is 0 Å². The molecule has 0 aliphatic rings. The summed E-state index contributed by atoms with van der Waals surface area (Å²) >= 11 is 1.53. The smallest absolute Gasteiger partial charge is 0.303 e.